The van der Waals surface area contributed by atoms with Gasteiger partial charge >= 0.3 is 0 Å². The number of carbonyl (C=O) groups is 1. The highest BCUT2D eigenvalue weighted by atomic mass is 35.5. The average molecular weight is 369 g/mol. The number of hydrogen-bond donors (Lipinski definition) is 0. The molecule has 2 heterocycles. The predicted octanol–water partition coefficient (Wildman–Crippen LogP) is 4.90. The molecule has 2 aromatic carbocycles. The molecular weight excluding hydrogens is 352 g/mol. The Morgan fingerprint density at radius 2 is 1.92 bits per heavy atom. The summed E-state index contributed by atoms with van der Waals surface area (Å²) in [6.07, 6.45) is 4.10. The molecule has 1 saturated heterocycles. The van der Waals surface area contributed by atoms with E-state index < -0.39 is 0 Å². The SMILES string of the molecule is O=C1CS[C@H](c2ccn(-c3cccc(Cl)c3)c2)N1Cc1ccccc1. The highest BCUT2D eigenvalue weighted by molar-refractivity contribution is 8.00. The number of nitrogens with zero attached hydrogens (tertiary/aromatic N) is 2. The number of carbonyl (C=O) groups excluding carboxylic acids is 1. The van der Waals surface area contributed by atoms with Gasteiger partial charge in [-0.25, -0.2) is 0 Å². The summed E-state index contributed by atoms with van der Waals surface area (Å²) in [5.41, 5.74) is 3.30. The fourth-order valence-electron chi connectivity index (χ4n) is 3.04. The quantitative estimate of drug-likeness (QED) is 0.654. The van der Waals surface area contributed by atoms with Crippen LogP contribution in [0.15, 0.2) is 73.1 Å². The van der Waals surface area contributed by atoms with Crippen molar-refractivity contribution in [2.24, 2.45) is 0 Å². The Morgan fingerprint density at radius 1 is 1.08 bits per heavy atom. The molecule has 1 aliphatic rings. The molecule has 0 radical (unpaired) electrons. The van der Waals surface area contributed by atoms with Gasteiger partial charge in [0.1, 0.15) is 5.37 Å². The Morgan fingerprint density at radius 3 is 2.72 bits per heavy atom. The molecule has 0 aliphatic carbocycles. The standard InChI is InChI=1S/C20H17ClN2OS/c21-17-7-4-8-18(11-17)22-10-9-16(13-22)20-23(19(24)14-25-20)12-15-5-2-1-3-6-15/h1-11,13,20H,12,14H2/t20-/m1/s1. The van der Waals surface area contributed by atoms with E-state index in [4.69, 9.17) is 11.6 Å². The van der Waals surface area contributed by atoms with Gasteiger partial charge in [-0.05, 0) is 29.8 Å². The van der Waals surface area contributed by atoms with Crippen LogP contribution >= 0.6 is 23.4 Å². The van der Waals surface area contributed by atoms with Gasteiger partial charge in [-0.2, -0.15) is 0 Å². The molecule has 3 nitrogen and oxygen atoms in total. The van der Waals surface area contributed by atoms with Crippen LogP contribution in [0.3, 0.4) is 0 Å². The van der Waals surface area contributed by atoms with Crippen LogP contribution in [-0.2, 0) is 11.3 Å². The smallest absolute Gasteiger partial charge is 0.234 e. The van der Waals surface area contributed by atoms with Gasteiger partial charge < -0.3 is 9.47 Å². The van der Waals surface area contributed by atoms with E-state index in [-0.39, 0.29) is 11.3 Å². The van der Waals surface area contributed by atoms with Gasteiger partial charge in [-0.3, -0.25) is 4.79 Å². The molecule has 1 fully saturated rings. The Hall–Kier alpha value is -2.17. The number of thioether (sulfide) groups is 1. The monoisotopic (exact) mass is 368 g/mol. The topological polar surface area (TPSA) is 25.2 Å². The third kappa shape index (κ3) is 3.46. The highest BCUT2D eigenvalue weighted by Crippen LogP contribution is 2.40. The maximum Gasteiger partial charge on any atom is 0.234 e. The minimum atomic E-state index is 0.0492. The second-order valence-corrected chi connectivity index (χ2v) is 7.51. The minimum absolute atomic E-state index is 0.0492. The zero-order chi connectivity index (χ0) is 17.2. The van der Waals surface area contributed by atoms with Gasteiger partial charge in [0.2, 0.25) is 5.91 Å². The fourth-order valence-corrected chi connectivity index (χ4v) is 4.39. The highest BCUT2D eigenvalue weighted by Gasteiger charge is 2.33. The fraction of sp³-hybridized carbons (Fsp3) is 0.150. The molecule has 0 spiro atoms. The second-order valence-electron chi connectivity index (χ2n) is 6.00. The summed E-state index contributed by atoms with van der Waals surface area (Å²) in [7, 11) is 0. The maximum absolute atomic E-state index is 12.4. The molecule has 4 rings (SSSR count). The minimum Gasteiger partial charge on any atom is -0.323 e. The number of benzene rings is 2. The molecule has 5 heteroatoms. The van der Waals surface area contributed by atoms with Crippen molar-refractivity contribution in [2.45, 2.75) is 11.9 Å². The summed E-state index contributed by atoms with van der Waals surface area (Å²) >= 11 is 7.77. The van der Waals surface area contributed by atoms with Crippen LogP contribution in [-0.4, -0.2) is 21.1 Å². The largest absolute Gasteiger partial charge is 0.323 e. The van der Waals surface area contributed by atoms with Crippen LogP contribution in [0.25, 0.3) is 5.69 Å². The zero-order valence-corrected chi connectivity index (χ0v) is 15.1. The van der Waals surface area contributed by atoms with E-state index in [9.17, 15) is 4.79 Å². The molecule has 126 valence electrons. The normalized spacial score (nSPS) is 17.2. The van der Waals surface area contributed by atoms with Crippen molar-refractivity contribution in [1.82, 2.24) is 9.47 Å². The van der Waals surface area contributed by atoms with Crippen molar-refractivity contribution in [2.75, 3.05) is 5.75 Å². The van der Waals surface area contributed by atoms with Crippen molar-refractivity contribution in [3.05, 3.63) is 89.2 Å². The van der Waals surface area contributed by atoms with E-state index in [1.165, 1.54) is 0 Å². The summed E-state index contributed by atoms with van der Waals surface area (Å²) in [4.78, 5) is 14.3. The summed E-state index contributed by atoms with van der Waals surface area (Å²) < 4.78 is 2.05. The summed E-state index contributed by atoms with van der Waals surface area (Å²) in [6.45, 7) is 0.639. The van der Waals surface area contributed by atoms with E-state index >= 15 is 0 Å². The van der Waals surface area contributed by atoms with Gasteiger partial charge in [0, 0.05) is 35.2 Å². The first-order valence-corrected chi connectivity index (χ1v) is 9.52. The van der Waals surface area contributed by atoms with E-state index in [1.54, 1.807) is 11.8 Å². The molecule has 0 unspecified atom stereocenters. The number of halogens is 1. The Labute approximate surface area is 156 Å². The third-order valence-electron chi connectivity index (χ3n) is 4.27. The third-order valence-corrected chi connectivity index (χ3v) is 5.76. The molecule has 0 saturated carbocycles. The summed E-state index contributed by atoms with van der Waals surface area (Å²) in [5.74, 6) is 0.717. The molecule has 1 atom stereocenters. The molecule has 0 bridgehead atoms. The summed E-state index contributed by atoms with van der Waals surface area (Å²) in [5, 5.41) is 0.761. The molecule has 3 aromatic rings. The lowest BCUT2D eigenvalue weighted by Gasteiger charge is -2.23. The number of amides is 1. The predicted molar refractivity (Wildman–Crippen MR) is 103 cm³/mol. The molecule has 1 aliphatic heterocycles. The lowest BCUT2D eigenvalue weighted by atomic mass is 10.2. The van der Waals surface area contributed by atoms with Crippen LogP contribution in [0.1, 0.15) is 16.5 Å². The second kappa shape index (κ2) is 6.98. The lowest BCUT2D eigenvalue weighted by Crippen LogP contribution is -2.27. The van der Waals surface area contributed by atoms with Crippen LogP contribution in [0.2, 0.25) is 5.02 Å². The first-order chi connectivity index (χ1) is 12.2. The van der Waals surface area contributed by atoms with Crippen LogP contribution in [0, 0.1) is 0 Å². The maximum atomic E-state index is 12.4. The first kappa shape index (κ1) is 16.3. The first-order valence-electron chi connectivity index (χ1n) is 8.09. The van der Waals surface area contributed by atoms with Gasteiger partial charge in [0.15, 0.2) is 0 Å². The Balaban J connectivity index is 1.59. The van der Waals surface area contributed by atoms with Crippen LogP contribution < -0.4 is 0 Å². The van der Waals surface area contributed by atoms with Gasteiger partial charge in [0.05, 0.1) is 5.75 Å². The van der Waals surface area contributed by atoms with Gasteiger partial charge in [-0.1, -0.05) is 48.0 Å². The molecule has 0 N–H and O–H groups in total. The van der Waals surface area contributed by atoms with E-state index in [0.717, 1.165) is 16.8 Å². The van der Waals surface area contributed by atoms with E-state index in [1.807, 2.05) is 58.1 Å². The van der Waals surface area contributed by atoms with Crippen molar-refractivity contribution < 1.29 is 4.79 Å². The zero-order valence-electron chi connectivity index (χ0n) is 13.5. The summed E-state index contributed by atoms with van der Waals surface area (Å²) in [6, 6.07) is 20.0. The Bertz CT molecular complexity index is 893. The van der Waals surface area contributed by atoms with Crippen LogP contribution in [0.5, 0.6) is 0 Å². The Kier molecular flexibility index (Phi) is 4.55. The van der Waals surface area contributed by atoms with Crippen LogP contribution in [0.4, 0.5) is 0 Å². The number of aromatic nitrogens is 1. The van der Waals surface area contributed by atoms with E-state index in [2.05, 4.69) is 24.4 Å². The lowest BCUT2D eigenvalue weighted by molar-refractivity contribution is -0.128. The average Bonchev–Trinajstić information content (AvgIpc) is 3.24. The van der Waals surface area contributed by atoms with Crippen molar-refractivity contribution in [3.8, 4) is 5.69 Å². The molecular formula is C20H17ClN2OS. The number of hydrogen-bond acceptors (Lipinski definition) is 2. The van der Waals surface area contributed by atoms with Gasteiger partial charge in [-0.15, -0.1) is 11.8 Å². The van der Waals surface area contributed by atoms with Gasteiger partial charge in [0.25, 0.3) is 0 Å². The van der Waals surface area contributed by atoms with Crippen molar-refractivity contribution >= 4 is 29.3 Å². The molecule has 25 heavy (non-hydrogen) atoms. The number of rotatable bonds is 4. The van der Waals surface area contributed by atoms with E-state index in [0.29, 0.717) is 17.3 Å². The molecule has 1 aromatic heterocycles. The molecule has 1 amide bonds. The van der Waals surface area contributed by atoms with Crippen molar-refractivity contribution in [1.29, 1.82) is 0 Å². The van der Waals surface area contributed by atoms with Crippen molar-refractivity contribution in [3.63, 3.8) is 0 Å².